The van der Waals surface area contributed by atoms with Gasteiger partial charge in [0, 0.05) is 22.9 Å². The van der Waals surface area contributed by atoms with Crippen LogP contribution in [0, 0.1) is 5.92 Å². The molecule has 0 saturated heterocycles. The highest BCUT2D eigenvalue weighted by molar-refractivity contribution is 9.10. The van der Waals surface area contributed by atoms with Crippen LogP contribution in [-0.2, 0) is 0 Å². The van der Waals surface area contributed by atoms with E-state index in [2.05, 4.69) is 45.9 Å². The van der Waals surface area contributed by atoms with E-state index in [1.165, 1.54) is 25.7 Å². The number of fused-ring (bicyclic) bond motifs is 1. The Morgan fingerprint density at radius 1 is 1.33 bits per heavy atom. The van der Waals surface area contributed by atoms with Crippen molar-refractivity contribution in [3.63, 3.8) is 0 Å². The number of nitrogen functional groups attached to an aromatic ring is 1. The molecule has 4 heteroatoms. The Morgan fingerprint density at radius 3 is 2.90 bits per heavy atom. The van der Waals surface area contributed by atoms with Crippen LogP contribution in [0.1, 0.15) is 32.6 Å². The highest BCUT2D eigenvalue weighted by atomic mass is 79.9. The van der Waals surface area contributed by atoms with Gasteiger partial charge < -0.3 is 10.6 Å². The average molecular weight is 348 g/mol. The summed E-state index contributed by atoms with van der Waals surface area (Å²) in [6, 6.07) is 6.76. The van der Waals surface area contributed by atoms with Crippen LogP contribution >= 0.6 is 15.9 Å². The largest absolute Gasteiger partial charge is 0.396 e. The third kappa shape index (κ3) is 2.86. The Labute approximate surface area is 134 Å². The average Bonchev–Trinajstić information content (AvgIpc) is 2.46. The second-order valence-corrected chi connectivity index (χ2v) is 7.18. The number of nitrogens with two attached hydrogens (primary N) is 1. The van der Waals surface area contributed by atoms with Crippen LogP contribution < -0.4 is 10.6 Å². The molecule has 0 aliphatic heterocycles. The van der Waals surface area contributed by atoms with E-state index in [-0.39, 0.29) is 0 Å². The fraction of sp³-hybridized carbons (Fsp3) is 0.471. The Morgan fingerprint density at radius 2 is 2.14 bits per heavy atom. The SMILES string of the molecule is CC1CCCC(N(C)c2c(N)cnc3ccc(Br)cc23)C1. The van der Waals surface area contributed by atoms with Gasteiger partial charge in [-0.1, -0.05) is 35.7 Å². The first-order valence-electron chi connectivity index (χ1n) is 7.63. The molecule has 1 aromatic heterocycles. The first kappa shape index (κ1) is 14.6. The van der Waals surface area contributed by atoms with E-state index in [9.17, 15) is 0 Å². The van der Waals surface area contributed by atoms with E-state index in [1.54, 1.807) is 6.20 Å². The first-order chi connectivity index (χ1) is 10.1. The zero-order chi connectivity index (χ0) is 15.0. The Kier molecular flexibility index (Phi) is 4.07. The van der Waals surface area contributed by atoms with Crippen molar-refractivity contribution in [2.75, 3.05) is 17.7 Å². The number of pyridine rings is 1. The van der Waals surface area contributed by atoms with Gasteiger partial charge >= 0.3 is 0 Å². The minimum absolute atomic E-state index is 0.570. The summed E-state index contributed by atoms with van der Waals surface area (Å²) in [4.78, 5) is 6.83. The molecule has 0 radical (unpaired) electrons. The number of hydrogen-bond acceptors (Lipinski definition) is 3. The van der Waals surface area contributed by atoms with Crippen LogP contribution in [0.3, 0.4) is 0 Å². The standard InChI is InChI=1S/C17H22BrN3/c1-11-4-3-5-13(8-11)21(2)17-14-9-12(18)6-7-16(14)20-10-15(17)19/h6-7,9-11,13H,3-5,8,19H2,1-2H3. The summed E-state index contributed by atoms with van der Waals surface area (Å²) in [6.07, 6.45) is 6.94. The second-order valence-electron chi connectivity index (χ2n) is 6.26. The van der Waals surface area contributed by atoms with Crippen molar-refractivity contribution in [3.05, 3.63) is 28.9 Å². The Bertz CT molecular complexity index is 651. The van der Waals surface area contributed by atoms with Crippen molar-refractivity contribution >= 4 is 38.2 Å². The second kappa shape index (κ2) is 5.84. The lowest BCUT2D eigenvalue weighted by Crippen LogP contribution is -2.36. The van der Waals surface area contributed by atoms with Gasteiger partial charge in [0.1, 0.15) is 0 Å². The molecule has 1 saturated carbocycles. The highest BCUT2D eigenvalue weighted by Crippen LogP contribution is 2.37. The third-order valence-corrected chi connectivity index (χ3v) is 5.13. The molecule has 0 spiro atoms. The van der Waals surface area contributed by atoms with Gasteiger partial charge in [0.15, 0.2) is 0 Å². The summed E-state index contributed by atoms with van der Waals surface area (Å²) in [5, 5.41) is 1.13. The number of benzene rings is 1. The molecule has 21 heavy (non-hydrogen) atoms. The molecule has 2 unspecified atom stereocenters. The Balaban J connectivity index is 2.05. The molecule has 2 atom stereocenters. The molecule has 0 bridgehead atoms. The van der Waals surface area contributed by atoms with E-state index in [0.717, 1.165) is 32.7 Å². The van der Waals surface area contributed by atoms with Crippen LogP contribution in [0.2, 0.25) is 0 Å². The number of anilines is 2. The fourth-order valence-electron chi connectivity index (χ4n) is 3.50. The van der Waals surface area contributed by atoms with Gasteiger partial charge in [-0.25, -0.2) is 0 Å². The molecular weight excluding hydrogens is 326 g/mol. The molecule has 3 nitrogen and oxygen atoms in total. The summed E-state index contributed by atoms with van der Waals surface area (Å²) in [7, 11) is 2.18. The van der Waals surface area contributed by atoms with Gasteiger partial charge in [-0.15, -0.1) is 0 Å². The van der Waals surface area contributed by atoms with Gasteiger partial charge in [-0.2, -0.15) is 0 Å². The smallest absolute Gasteiger partial charge is 0.0745 e. The van der Waals surface area contributed by atoms with E-state index < -0.39 is 0 Å². The lowest BCUT2D eigenvalue weighted by Gasteiger charge is -2.36. The van der Waals surface area contributed by atoms with Gasteiger partial charge in [-0.05, 0) is 37.0 Å². The third-order valence-electron chi connectivity index (χ3n) is 4.64. The molecule has 0 amide bonds. The number of rotatable bonds is 2. The monoisotopic (exact) mass is 347 g/mol. The van der Waals surface area contributed by atoms with E-state index in [0.29, 0.717) is 6.04 Å². The van der Waals surface area contributed by atoms with Gasteiger partial charge in [0.25, 0.3) is 0 Å². The van der Waals surface area contributed by atoms with Gasteiger partial charge in [-0.3, -0.25) is 4.98 Å². The Hall–Kier alpha value is -1.29. The van der Waals surface area contributed by atoms with Crippen LogP contribution in [0.5, 0.6) is 0 Å². The highest BCUT2D eigenvalue weighted by Gasteiger charge is 2.25. The summed E-state index contributed by atoms with van der Waals surface area (Å²) in [6.45, 7) is 2.35. The maximum Gasteiger partial charge on any atom is 0.0745 e. The molecule has 112 valence electrons. The molecule has 1 aromatic carbocycles. The first-order valence-corrected chi connectivity index (χ1v) is 8.42. The fourth-order valence-corrected chi connectivity index (χ4v) is 3.86. The molecule has 1 aliphatic rings. The molecular formula is C17H22BrN3. The van der Waals surface area contributed by atoms with Crippen molar-refractivity contribution < 1.29 is 0 Å². The van der Waals surface area contributed by atoms with Crippen LogP contribution in [0.15, 0.2) is 28.9 Å². The lowest BCUT2D eigenvalue weighted by molar-refractivity contribution is 0.337. The minimum Gasteiger partial charge on any atom is -0.396 e. The lowest BCUT2D eigenvalue weighted by atomic mass is 9.86. The van der Waals surface area contributed by atoms with Crippen LogP contribution in [0.25, 0.3) is 10.9 Å². The van der Waals surface area contributed by atoms with Crippen molar-refractivity contribution in [2.45, 2.75) is 38.6 Å². The predicted octanol–water partition coefficient (Wildman–Crippen LogP) is 4.59. The molecule has 1 fully saturated rings. The number of nitrogens with zero attached hydrogens (tertiary/aromatic N) is 2. The van der Waals surface area contributed by atoms with Crippen molar-refractivity contribution in [1.82, 2.24) is 4.98 Å². The van der Waals surface area contributed by atoms with Crippen LogP contribution in [-0.4, -0.2) is 18.1 Å². The molecule has 2 N–H and O–H groups in total. The number of hydrogen-bond donors (Lipinski definition) is 1. The van der Waals surface area contributed by atoms with Crippen molar-refractivity contribution in [1.29, 1.82) is 0 Å². The maximum atomic E-state index is 6.26. The van der Waals surface area contributed by atoms with E-state index in [1.807, 2.05) is 12.1 Å². The maximum absolute atomic E-state index is 6.26. The zero-order valence-corrected chi connectivity index (χ0v) is 14.2. The topological polar surface area (TPSA) is 42.1 Å². The summed E-state index contributed by atoms with van der Waals surface area (Å²) in [5.41, 5.74) is 9.15. The summed E-state index contributed by atoms with van der Waals surface area (Å²) < 4.78 is 1.06. The quantitative estimate of drug-likeness (QED) is 0.863. The summed E-state index contributed by atoms with van der Waals surface area (Å²) in [5.74, 6) is 0.798. The molecule has 1 aliphatic carbocycles. The molecule has 3 rings (SSSR count). The van der Waals surface area contributed by atoms with Crippen molar-refractivity contribution in [2.24, 2.45) is 5.92 Å². The molecule has 2 aromatic rings. The van der Waals surface area contributed by atoms with E-state index in [4.69, 9.17) is 5.73 Å². The molecule has 1 heterocycles. The number of halogens is 1. The van der Waals surface area contributed by atoms with E-state index >= 15 is 0 Å². The van der Waals surface area contributed by atoms with Gasteiger partial charge in [0.2, 0.25) is 0 Å². The minimum atomic E-state index is 0.570. The number of aromatic nitrogens is 1. The predicted molar refractivity (Wildman–Crippen MR) is 93.7 cm³/mol. The zero-order valence-electron chi connectivity index (χ0n) is 12.6. The normalized spacial score (nSPS) is 22.4. The van der Waals surface area contributed by atoms with Gasteiger partial charge in [0.05, 0.1) is 23.1 Å². The van der Waals surface area contributed by atoms with Crippen molar-refractivity contribution in [3.8, 4) is 0 Å². The summed E-state index contributed by atoms with van der Waals surface area (Å²) >= 11 is 3.56. The van der Waals surface area contributed by atoms with Crippen LogP contribution in [0.4, 0.5) is 11.4 Å².